The van der Waals surface area contributed by atoms with Crippen LogP contribution in [0.5, 0.6) is 0 Å². The highest BCUT2D eigenvalue weighted by Gasteiger charge is 2.35. The highest BCUT2D eigenvalue weighted by molar-refractivity contribution is 6.19. The molecule has 0 atom stereocenters. The number of benzene rings is 1. The second-order valence-corrected chi connectivity index (χ2v) is 6.19. The van der Waals surface area contributed by atoms with E-state index in [0.29, 0.717) is 5.76 Å². The number of nitriles is 1. The van der Waals surface area contributed by atoms with Gasteiger partial charge in [0.1, 0.15) is 29.0 Å². The van der Waals surface area contributed by atoms with Gasteiger partial charge in [-0.2, -0.15) is 5.26 Å². The van der Waals surface area contributed by atoms with Crippen LogP contribution < -0.4 is 0 Å². The lowest BCUT2D eigenvalue weighted by Crippen LogP contribution is -2.43. The zero-order valence-electron chi connectivity index (χ0n) is 15.1. The first-order chi connectivity index (χ1) is 13.5. The number of furan rings is 1. The molecule has 0 bridgehead atoms. The second-order valence-electron chi connectivity index (χ2n) is 6.19. The molecule has 6 nitrogen and oxygen atoms in total. The van der Waals surface area contributed by atoms with Crippen LogP contribution in [-0.2, 0) is 9.59 Å². The number of carbonyl (C=O) groups excluding carboxylic acids is 2. The van der Waals surface area contributed by atoms with Crippen molar-refractivity contribution in [2.24, 2.45) is 0 Å². The first kappa shape index (κ1) is 19.3. The lowest BCUT2D eigenvalue weighted by atomic mass is 9.94. The van der Waals surface area contributed by atoms with Crippen molar-refractivity contribution in [3.05, 3.63) is 64.7 Å². The summed E-state index contributed by atoms with van der Waals surface area (Å²) in [4.78, 5) is 26.1. The van der Waals surface area contributed by atoms with E-state index in [4.69, 9.17) is 9.52 Å². The van der Waals surface area contributed by atoms with E-state index in [-0.39, 0.29) is 47.6 Å². The Bertz CT molecular complexity index is 1040. The minimum atomic E-state index is -0.679. The van der Waals surface area contributed by atoms with Gasteiger partial charge in [-0.3, -0.25) is 14.5 Å². The molecule has 0 aliphatic carbocycles. The van der Waals surface area contributed by atoms with Crippen LogP contribution in [0.1, 0.15) is 19.1 Å². The summed E-state index contributed by atoms with van der Waals surface area (Å²) in [6.45, 7) is 1.33. The van der Waals surface area contributed by atoms with Crippen molar-refractivity contribution in [3.63, 3.8) is 0 Å². The number of amides is 2. The largest absolute Gasteiger partial charge is 0.457 e. The first-order valence-electron chi connectivity index (χ1n) is 8.62. The van der Waals surface area contributed by atoms with E-state index < -0.39 is 17.6 Å². The van der Waals surface area contributed by atoms with Gasteiger partial charge in [0, 0.05) is 18.7 Å². The van der Waals surface area contributed by atoms with Gasteiger partial charge < -0.3 is 9.52 Å². The predicted octanol–water partition coefficient (Wildman–Crippen LogP) is 3.06. The number of nitrogens with zero attached hydrogens (tertiary/aromatic N) is 2. The summed E-state index contributed by atoms with van der Waals surface area (Å²) >= 11 is 0. The Morgan fingerprint density at radius 1 is 1.21 bits per heavy atom. The van der Waals surface area contributed by atoms with Crippen LogP contribution in [0.3, 0.4) is 0 Å². The molecule has 1 aliphatic rings. The van der Waals surface area contributed by atoms with E-state index in [1.807, 2.05) is 6.07 Å². The number of imide groups is 1. The minimum absolute atomic E-state index is 0.00258. The topological polar surface area (TPSA) is 94.5 Å². The fraction of sp³-hybridized carbons (Fsp3) is 0.190. The number of aliphatic hydroxyl groups is 1. The molecule has 0 saturated heterocycles. The maximum Gasteiger partial charge on any atom is 0.271 e. The van der Waals surface area contributed by atoms with Crippen molar-refractivity contribution in [1.82, 2.24) is 4.90 Å². The zero-order valence-corrected chi connectivity index (χ0v) is 15.1. The first-order valence-corrected chi connectivity index (χ1v) is 8.62. The van der Waals surface area contributed by atoms with Crippen LogP contribution in [0.25, 0.3) is 17.4 Å². The Morgan fingerprint density at radius 3 is 2.64 bits per heavy atom. The molecule has 2 aromatic rings. The van der Waals surface area contributed by atoms with Crippen molar-refractivity contribution in [3.8, 4) is 17.4 Å². The van der Waals surface area contributed by atoms with Crippen molar-refractivity contribution in [2.75, 3.05) is 13.2 Å². The van der Waals surface area contributed by atoms with Crippen molar-refractivity contribution in [1.29, 1.82) is 5.26 Å². The summed E-state index contributed by atoms with van der Waals surface area (Å²) in [7, 11) is 0. The Labute approximate surface area is 160 Å². The van der Waals surface area contributed by atoms with E-state index >= 15 is 0 Å². The van der Waals surface area contributed by atoms with Crippen molar-refractivity contribution >= 4 is 17.9 Å². The van der Waals surface area contributed by atoms with Crippen molar-refractivity contribution in [2.45, 2.75) is 13.3 Å². The van der Waals surface area contributed by atoms with Crippen LogP contribution in [0.2, 0.25) is 0 Å². The lowest BCUT2D eigenvalue weighted by Gasteiger charge is -2.27. The number of rotatable bonds is 5. The maximum absolute atomic E-state index is 13.9. The fourth-order valence-electron chi connectivity index (χ4n) is 2.94. The Morgan fingerprint density at radius 2 is 1.96 bits per heavy atom. The highest BCUT2D eigenvalue weighted by atomic mass is 19.1. The SMILES string of the molecule is CC1=C(C#N)C(=O)N(CCCO)C(=O)C1=Cc1ccc(-c2ccccc2F)o1. The summed E-state index contributed by atoms with van der Waals surface area (Å²) in [6.07, 6.45) is 1.64. The molecule has 0 saturated carbocycles. The van der Waals surface area contributed by atoms with Crippen LogP contribution in [0.15, 0.2) is 57.5 Å². The van der Waals surface area contributed by atoms with Gasteiger partial charge in [0.15, 0.2) is 0 Å². The van der Waals surface area contributed by atoms with Crippen molar-refractivity contribution < 1.29 is 23.5 Å². The summed E-state index contributed by atoms with van der Waals surface area (Å²) in [5, 5.41) is 18.3. The maximum atomic E-state index is 13.9. The smallest absolute Gasteiger partial charge is 0.271 e. The van der Waals surface area contributed by atoms with Gasteiger partial charge in [0.25, 0.3) is 11.8 Å². The molecular weight excluding hydrogens is 363 g/mol. The molecule has 0 radical (unpaired) electrons. The molecule has 2 heterocycles. The third-order valence-electron chi connectivity index (χ3n) is 4.42. The van der Waals surface area contributed by atoms with E-state index in [2.05, 4.69) is 0 Å². The Balaban J connectivity index is 2.02. The molecule has 7 heteroatoms. The third kappa shape index (κ3) is 3.50. The lowest BCUT2D eigenvalue weighted by molar-refractivity contribution is -0.140. The summed E-state index contributed by atoms with van der Waals surface area (Å²) in [6, 6.07) is 11.1. The standard InChI is InChI=1S/C21H17FN2O4/c1-13-16(20(26)24(9-4-10-25)21(27)17(13)12-23)11-14-7-8-19(28-14)15-5-2-3-6-18(15)22/h2-3,5-8,11,25H,4,9-10H2,1H3. The number of carbonyl (C=O) groups is 2. The Kier molecular flexibility index (Phi) is 5.52. The fourth-order valence-corrected chi connectivity index (χ4v) is 2.94. The van der Waals surface area contributed by atoms with E-state index in [1.165, 1.54) is 19.1 Å². The molecule has 142 valence electrons. The molecule has 1 aromatic carbocycles. The molecule has 1 aliphatic heterocycles. The molecule has 0 unspecified atom stereocenters. The normalized spacial score (nSPS) is 16.1. The third-order valence-corrected chi connectivity index (χ3v) is 4.42. The molecule has 2 amide bonds. The van der Waals surface area contributed by atoms with Crippen LogP contribution in [-0.4, -0.2) is 35.0 Å². The number of hydrogen-bond donors (Lipinski definition) is 1. The monoisotopic (exact) mass is 380 g/mol. The molecule has 0 fully saturated rings. The second kappa shape index (κ2) is 8.03. The predicted molar refractivity (Wildman–Crippen MR) is 98.8 cm³/mol. The number of halogens is 1. The average molecular weight is 380 g/mol. The summed E-state index contributed by atoms with van der Waals surface area (Å²) in [5.74, 6) is -1.10. The van der Waals surface area contributed by atoms with Gasteiger partial charge in [-0.15, -0.1) is 0 Å². The number of aliphatic hydroxyl groups excluding tert-OH is 1. The molecule has 1 N–H and O–H groups in total. The van der Waals surface area contributed by atoms with Gasteiger partial charge in [-0.05, 0) is 49.3 Å². The molecule has 1 aromatic heterocycles. The highest BCUT2D eigenvalue weighted by Crippen LogP contribution is 2.30. The molecular formula is C21H17FN2O4. The molecule has 3 rings (SSSR count). The van der Waals surface area contributed by atoms with Crippen LogP contribution in [0, 0.1) is 17.1 Å². The zero-order chi connectivity index (χ0) is 20.3. The summed E-state index contributed by atoms with van der Waals surface area (Å²) in [5.41, 5.74) is 0.543. The summed E-state index contributed by atoms with van der Waals surface area (Å²) < 4.78 is 19.6. The Hall–Kier alpha value is -3.50. The van der Waals surface area contributed by atoms with E-state index in [0.717, 1.165) is 4.90 Å². The molecule has 28 heavy (non-hydrogen) atoms. The minimum Gasteiger partial charge on any atom is -0.457 e. The van der Waals surface area contributed by atoms with E-state index in [1.54, 1.807) is 30.3 Å². The van der Waals surface area contributed by atoms with Crippen LogP contribution in [0.4, 0.5) is 4.39 Å². The molecule has 0 spiro atoms. The van der Waals surface area contributed by atoms with Crippen LogP contribution >= 0.6 is 0 Å². The van der Waals surface area contributed by atoms with Gasteiger partial charge in [-0.1, -0.05) is 12.1 Å². The van der Waals surface area contributed by atoms with Gasteiger partial charge in [-0.25, -0.2) is 4.39 Å². The number of hydrogen-bond acceptors (Lipinski definition) is 5. The average Bonchev–Trinajstić information content (AvgIpc) is 3.14. The van der Waals surface area contributed by atoms with Gasteiger partial charge in [0.2, 0.25) is 0 Å². The van der Waals surface area contributed by atoms with Gasteiger partial charge in [0.05, 0.1) is 5.56 Å². The quantitative estimate of drug-likeness (QED) is 0.635. The van der Waals surface area contributed by atoms with Gasteiger partial charge >= 0.3 is 0 Å². The van der Waals surface area contributed by atoms with E-state index in [9.17, 15) is 19.2 Å².